The smallest absolute Gasteiger partial charge is 0.269 e. The maximum atomic E-state index is 12.3. The fourth-order valence-electron chi connectivity index (χ4n) is 2.47. The van der Waals surface area contributed by atoms with Crippen molar-refractivity contribution in [1.29, 1.82) is 0 Å². The van der Waals surface area contributed by atoms with Gasteiger partial charge in [-0.1, -0.05) is 0 Å². The van der Waals surface area contributed by atoms with Crippen LogP contribution in [0.5, 0.6) is 0 Å². The van der Waals surface area contributed by atoms with E-state index in [0.717, 1.165) is 24.2 Å². The highest BCUT2D eigenvalue weighted by molar-refractivity contribution is 5.96. The van der Waals surface area contributed by atoms with Crippen molar-refractivity contribution in [2.75, 3.05) is 16.0 Å². The third kappa shape index (κ3) is 5.04. The molecular formula is C19H20N4O4. The van der Waals surface area contributed by atoms with Crippen LogP contribution in [0, 0.1) is 16.0 Å². The molecule has 8 heteroatoms. The van der Waals surface area contributed by atoms with Gasteiger partial charge in [0.05, 0.1) is 4.92 Å². The number of nitrogens with zero attached hydrogens (tertiary/aromatic N) is 1. The number of carbonyl (C=O) groups excluding carboxylic acids is 2. The van der Waals surface area contributed by atoms with Gasteiger partial charge in [0.15, 0.2) is 0 Å². The summed E-state index contributed by atoms with van der Waals surface area (Å²) in [5.74, 6) is -0.0764. The fourth-order valence-corrected chi connectivity index (χ4v) is 2.47. The van der Waals surface area contributed by atoms with Crippen molar-refractivity contribution >= 4 is 34.6 Å². The molecule has 2 aromatic carbocycles. The molecule has 1 atom stereocenters. The first-order valence-corrected chi connectivity index (χ1v) is 8.65. The third-order valence-electron chi connectivity index (χ3n) is 4.22. The SMILES string of the molecule is CC(Nc1ccc(NC(=O)C2CC2)cc1)C(=O)Nc1ccc([N+](=O)[O-])cc1. The summed E-state index contributed by atoms with van der Waals surface area (Å²) in [6.45, 7) is 1.71. The van der Waals surface area contributed by atoms with Crippen molar-refractivity contribution < 1.29 is 14.5 Å². The molecule has 1 unspecified atom stereocenters. The molecule has 140 valence electrons. The van der Waals surface area contributed by atoms with Crippen LogP contribution in [0.4, 0.5) is 22.7 Å². The number of rotatable bonds is 7. The van der Waals surface area contributed by atoms with Crippen LogP contribution < -0.4 is 16.0 Å². The van der Waals surface area contributed by atoms with Crippen molar-refractivity contribution in [1.82, 2.24) is 0 Å². The summed E-state index contributed by atoms with van der Waals surface area (Å²) in [6.07, 6.45) is 1.90. The highest BCUT2D eigenvalue weighted by Crippen LogP contribution is 2.30. The van der Waals surface area contributed by atoms with E-state index >= 15 is 0 Å². The fraction of sp³-hybridized carbons (Fsp3) is 0.263. The molecule has 1 saturated carbocycles. The number of amides is 2. The van der Waals surface area contributed by atoms with E-state index in [1.165, 1.54) is 24.3 Å². The van der Waals surface area contributed by atoms with E-state index in [1.807, 2.05) is 0 Å². The summed E-state index contributed by atoms with van der Waals surface area (Å²) in [5.41, 5.74) is 1.91. The van der Waals surface area contributed by atoms with Crippen molar-refractivity contribution in [2.24, 2.45) is 5.92 Å². The lowest BCUT2D eigenvalue weighted by Crippen LogP contribution is -2.31. The highest BCUT2D eigenvalue weighted by atomic mass is 16.6. The lowest BCUT2D eigenvalue weighted by Gasteiger charge is -2.15. The Bertz CT molecular complexity index is 845. The predicted molar refractivity (Wildman–Crippen MR) is 103 cm³/mol. The van der Waals surface area contributed by atoms with Gasteiger partial charge in [-0.3, -0.25) is 19.7 Å². The van der Waals surface area contributed by atoms with Crippen LogP contribution in [0.3, 0.4) is 0 Å². The van der Waals surface area contributed by atoms with Crippen LogP contribution in [0.15, 0.2) is 48.5 Å². The molecule has 3 rings (SSSR count). The Morgan fingerprint density at radius 1 is 0.963 bits per heavy atom. The molecule has 1 aliphatic rings. The Labute approximate surface area is 156 Å². The second kappa shape index (κ2) is 7.86. The first-order chi connectivity index (χ1) is 12.9. The highest BCUT2D eigenvalue weighted by Gasteiger charge is 2.29. The number of hydrogen-bond acceptors (Lipinski definition) is 5. The molecule has 0 bridgehead atoms. The minimum atomic E-state index is -0.521. The number of nitro groups is 1. The van der Waals surface area contributed by atoms with E-state index in [0.29, 0.717) is 5.69 Å². The van der Waals surface area contributed by atoms with Crippen LogP contribution in [0.2, 0.25) is 0 Å². The van der Waals surface area contributed by atoms with Gasteiger partial charge in [-0.2, -0.15) is 0 Å². The summed E-state index contributed by atoms with van der Waals surface area (Å²) >= 11 is 0. The monoisotopic (exact) mass is 368 g/mol. The zero-order valence-electron chi connectivity index (χ0n) is 14.8. The van der Waals surface area contributed by atoms with Crippen molar-refractivity contribution in [3.05, 3.63) is 58.6 Å². The summed E-state index contributed by atoms with van der Waals surface area (Å²) in [5, 5.41) is 19.3. The first kappa shape index (κ1) is 18.4. The minimum absolute atomic E-state index is 0.0342. The zero-order valence-corrected chi connectivity index (χ0v) is 14.8. The molecule has 1 aliphatic carbocycles. The maximum Gasteiger partial charge on any atom is 0.269 e. The van der Waals surface area contributed by atoms with Gasteiger partial charge in [0.25, 0.3) is 5.69 Å². The lowest BCUT2D eigenvalue weighted by molar-refractivity contribution is -0.384. The second-order valence-electron chi connectivity index (χ2n) is 6.50. The van der Waals surface area contributed by atoms with Gasteiger partial charge >= 0.3 is 0 Å². The van der Waals surface area contributed by atoms with Crippen molar-refractivity contribution in [3.8, 4) is 0 Å². The summed E-state index contributed by atoms with van der Waals surface area (Å²) in [6, 6.07) is 12.3. The number of nitro benzene ring substituents is 1. The molecule has 0 radical (unpaired) electrons. The van der Waals surface area contributed by atoms with E-state index in [4.69, 9.17) is 0 Å². The molecule has 27 heavy (non-hydrogen) atoms. The Hall–Kier alpha value is -3.42. The van der Waals surface area contributed by atoms with E-state index in [9.17, 15) is 19.7 Å². The summed E-state index contributed by atoms with van der Waals surface area (Å²) in [7, 11) is 0. The zero-order chi connectivity index (χ0) is 19.4. The van der Waals surface area contributed by atoms with Crippen LogP contribution in [0.25, 0.3) is 0 Å². The number of nitrogens with one attached hydrogen (secondary N) is 3. The van der Waals surface area contributed by atoms with Gasteiger partial charge in [0.1, 0.15) is 6.04 Å². The number of non-ortho nitro benzene ring substituents is 1. The van der Waals surface area contributed by atoms with E-state index in [-0.39, 0.29) is 23.4 Å². The molecule has 1 fully saturated rings. The Kier molecular flexibility index (Phi) is 5.35. The first-order valence-electron chi connectivity index (χ1n) is 8.65. The number of anilines is 3. The molecule has 0 aromatic heterocycles. The van der Waals surface area contributed by atoms with Gasteiger partial charge in [-0.25, -0.2) is 0 Å². The van der Waals surface area contributed by atoms with Crippen molar-refractivity contribution in [3.63, 3.8) is 0 Å². The molecule has 0 heterocycles. The van der Waals surface area contributed by atoms with E-state index in [1.54, 1.807) is 31.2 Å². The van der Waals surface area contributed by atoms with Gasteiger partial charge in [0, 0.05) is 35.1 Å². The molecule has 2 aromatic rings. The van der Waals surface area contributed by atoms with Gasteiger partial charge in [-0.05, 0) is 56.2 Å². The molecule has 2 amide bonds. The largest absolute Gasteiger partial charge is 0.374 e. The standard InChI is InChI=1S/C19H20N4O4/c1-12(18(24)21-16-8-10-17(11-9-16)23(26)27)20-14-4-6-15(7-5-14)22-19(25)13-2-3-13/h4-13,20H,2-3H2,1H3,(H,21,24)(H,22,25). The van der Waals surface area contributed by atoms with Crippen LogP contribution in [0.1, 0.15) is 19.8 Å². The second-order valence-corrected chi connectivity index (χ2v) is 6.50. The summed E-state index contributed by atoms with van der Waals surface area (Å²) < 4.78 is 0. The molecule has 0 saturated heterocycles. The van der Waals surface area contributed by atoms with Crippen molar-refractivity contribution in [2.45, 2.75) is 25.8 Å². The Morgan fingerprint density at radius 3 is 2.04 bits per heavy atom. The molecular weight excluding hydrogens is 348 g/mol. The van der Waals surface area contributed by atoms with Gasteiger partial charge in [-0.15, -0.1) is 0 Å². The normalized spacial score (nSPS) is 14.1. The topological polar surface area (TPSA) is 113 Å². The van der Waals surface area contributed by atoms with Gasteiger partial charge < -0.3 is 16.0 Å². The predicted octanol–water partition coefficient (Wildman–Crippen LogP) is 3.38. The average Bonchev–Trinajstić information content (AvgIpc) is 3.49. The molecule has 0 spiro atoms. The summed E-state index contributed by atoms with van der Waals surface area (Å²) in [4.78, 5) is 34.2. The quantitative estimate of drug-likeness (QED) is 0.512. The third-order valence-corrected chi connectivity index (χ3v) is 4.22. The average molecular weight is 368 g/mol. The van der Waals surface area contributed by atoms with Crippen LogP contribution in [-0.4, -0.2) is 22.8 Å². The minimum Gasteiger partial charge on any atom is -0.374 e. The van der Waals surface area contributed by atoms with Crippen LogP contribution >= 0.6 is 0 Å². The lowest BCUT2D eigenvalue weighted by atomic mass is 10.2. The molecule has 8 nitrogen and oxygen atoms in total. The number of carbonyl (C=O) groups is 2. The van der Waals surface area contributed by atoms with Crippen LogP contribution in [-0.2, 0) is 9.59 Å². The van der Waals surface area contributed by atoms with E-state index in [2.05, 4.69) is 16.0 Å². The number of benzene rings is 2. The molecule has 3 N–H and O–H groups in total. The maximum absolute atomic E-state index is 12.3. The molecule has 0 aliphatic heterocycles. The number of hydrogen-bond donors (Lipinski definition) is 3. The van der Waals surface area contributed by atoms with E-state index < -0.39 is 11.0 Å². The Morgan fingerprint density at radius 2 is 1.48 bits per heavy atom. The van der Waals surface area contributed by atoms with Gasteiger partial charge in [0.2, 0.25) is 11.8 Å². The Balaban J connectivity index is 1.52.